The fourth-order valence-electron chi connectivity index (χ4n) is 4.35. The third kappa shape index (κ3) is 5.52. The van der Waals surface area contributed by atoms with E-state index in [1.807, 2.05) is 30.5 Å². The second kappa shape index (κ2) is 11.2. The molecule has 4 aromatic rings. The lowest BCUT2D eigenvalue weighted by Crippen LogP contribution is -2.40. The van der Waals surface area contributed by atoms with E-state index in [-0.39, 0.29) is 11.7 Å². The van der Waals surface area contributed by atoms with E-state index in [0.29, 0.717) is 47.7 Å². The average molecular weight is 600 g/mol. The number of allylic oxidation sites excluding steroid dienone is 1. The summed E-state index contributed by atoms with van der Waals surface area (Å²) in [5.41, 5.74) is 2.03. The summed E-state index contributed by atoms with van der Waals surface area (Å²) in [5.74, 6) is 0.513. The zero-order valence-corrected chi connectivity index (χ0v) is 24.7. The number of nitrogens with zero attached hydrogens (tertiary/aromatic N) is 2. The number of aromatic nitrogens is 1. The van der Waals surface area contributed by atoms with Crippen molar-refractivity contribution in [2.45, 2.75) is 37.8 Å². The zero-order chi connectivity index (χ0) is 27.8. The van der Waals surface area contributed by atoms with Crippen LogP contribution in [0.15, 0.2) is 85.0 Å². The molecule has 1 aliphatic heterocycles. The molecular formula is C29H24Cl2N2O4S2. The lowest BCUT2D eigenvalue weighted by atomic mass is 9.96. The van der Waals surface area contributed by atoms with E-state index < -0.39 is 12.0 Å². The maximum atomic E-state index is 13.8. The predicted octanol–water partition coefficient (Wildman–Crippen LogP) is 6.48. The van der Waals surface area contributed by atoms with Crippen LogP contribution in [-0.2, 0) is 9.53 Å². The van der Waals surface area contributed by atoms with Crippen molar-refractivity contribution in [3.05, 3.63) is 107 Å². The molecule has 0 saturated heterocycles. The predicted molar refractivity (Wildman–Crippen MR) is 157 cm³/mol. The Bertz CT molecular complexity index is 1780. The first-order valence-electron chi connectivity index (χ1n) is 12.1. The largest absolute Gasteiger partial charge is 0.459 e. The minimum Gasteiger partial charge on any atom is -0.459 e. The molecule has 5 rings (SSSR count). The lowest BCUT2D eigenvalue weighted by molar-refractivity contribution is -0.143. The standard InChI is InChI=1S/C29H24Cl2N2O4S2/c1-15(2)36-28(35)25-16(3)32-29-33(26(25)17-5-9-20(38-4)10-6-17)27(34)24(39-29)14-19-8-12-23(37-19)21-13-18(30)7-11-22(21)31/h5-15,26H,1-4H3/b24-14-/t26-/m1/s1. The van der Waals surface area contributed by atoms with E-state index in [1.165, 1.54) is 11.3 Å². The van der Waals surface area contributed by atoms with E-state index in [1.54, 1.807) is 73.5 Å². The quantitative estimate of drug-likeness (QED) is 0.188. The molecule has 0 bridgehead atoms. The van der Waals surface area contributed by atoms with Gasteiger partial charge < -0.3 is 9.15 Å². The Balaban J connectivity index is 1.63. The molecule has 2 aromatic heterocycles. The van der Waals surface area contributed by atoms with Gasteiger partial charge in [0.05, 0.1) is 33.0 Å². The van der Waals surface area contributed by atoms with Crippen LogP contribution in [0.4, 0.5) is 0 Å². The lowest BCUT2D eigenvalue weighted by Gasteiger charge is -2.25. The van der Waals surface area contributed by atoms with Crippen LogP contribution in [0.1, 0.15) is 38.1 Å². The van der Waals surface area contributed by atoms with Crippen LogP contribution in [0.5, 0.6) is 0 Å². The van der Waals surface area contributed by atoms with Gasteiger partial charge in [0.15, 0.2) is 4.80 Å². The molecule has 0 amide bonds. The van der Waals surface area contributed by atoms with Crippen LogP contribution < -0.4 is 14.9 Å². The number of halogens is 2. The van der Waals surface area contributed by atoms with Crippen LogP contribution in [0.25, 0.3) is 17.4 Å². The molecule has 1 aliphatic rings. The molecule has 0 radical (unpaired) electrons. The van der Waals surface area contributed by atoms with Crippen molar-refractivity contribution in [1.82, 2.24) is 4.57 Å². The molecule has 0 spiro atoms. The van der Waals surface area contributed by atoms with Crippen LogP contribution >= 0.6 is 46.3 Å². The van der Waals surface area contributed by atoms with Crippen LogP contribution in [0.3, 0.4) is 0 Å². The first-order chi connectivity index (χ1) is 18.7. The molecule has 2 aromatic carbocycles. The first kappa shape index (κ1) is 27.5. The van der Waals surface area contributed by atoms with Gasteiger partial charge in [-0.1, -0.05) is 46.7 Å². The molecule has 39 heavy (non-hydrogen) atoms. The number of carbonyl (C=O) groups excluding carboxylic acids is 1. The minimum absolute atomic E-state index is 0.279. The van der Waals surface area contributed by atoms with Crippen molar-refractivity contribution in [3.8, 4) is 11.3 Å². The highest BCUT2D eigenvalue weighted by atomic mass is 35.5. The van der Waals surface area contributed by atoms with Crippen LogP contribution in [-0.4, -0.2) is 22.9 Å². The number of thiazole rings is 1. The molecule has 6 nitrogen and oxygen atoms in total. The highest BCUT2D eigenvalue weighted by molar-refractivity contribution is 7.98. The second-order valence-corrected chi connectivity index (χ2v) is 11.9. The van der Waals surface area contributed by atoms with Crippen molar-refractivity contribution in [2.24, 2.45) is 4.99 Å². The van der Waals surface area contributed by atoms with Gasteiger partial charge in [0, 0.05) is 21.6 Å². The summed E-state index contributed by atoms with van der Waals surface area (Å²) in [6.07, 6.45) is 3.35. The average Bonchev–Trinajstić information content (AvgIpc) is 3.48. The third-order valence-electron chi connectivity index (χ3n) is 6.11. The molecule has 200 valence electrons. The second-order valence-electron chi connectivity index (χ2n) is 9.14. The third-order valence-corrected chi connectivity index (χ3v) is 8.40. The van der Waals surface area contributed by atoms with Gasteiger partial charge in [-0.2, -0.15) is 0 Å². The van der Waals surface area contributed by atoms with E-state index in [2.05, 4.69) is 4.99 Å². The Morgan fingerprint density at radius 3 is 2.59 bits per heavy atom. The van der Waals surface area contributed by atoms with Crippen molar-refractivity contribution in [3.63, 3.8) is 0 Å². The molecule has 10 heteroatoms. The maximum Gasteiger partial charge on any atom is 0.338 e. The highest BCUT2D eigenvalue weighted by Gasteiger charge is 2.33. The fourth-order valence-corrected chi connectivity index (χ4v) is 6.17. The maximum absolute atomic E-state index is 13.8. The number of rotatable bonds is 6. The molecule has 0 fully saturated rings. The van der Waals surface area contributed by atoms with Crippen LogP contribution in [0, 0.1) is 0 Å². The number of carbonyl (C=O) groups is 1. The minimum atomic E-state index is -0.678. The summed E-state index contributed by atoms with van der Waals surface area (Å²) < 4.78 is 13.5. The number of esters is 1. The monoisotopic (exact) mass is 598 g/mol. The SMILES string of the molecule is CSc1ccc([C@@H]2C(C(=O)OC(C)C)=C(C)N=c3s/c(=C\c4ccc(-c5cc(Cl)ccc5Cl)o4)c(=O)n32)cc1. The molecule has 0 aliphatic carbocycles. The Hall–Kier alpha value is -3.04. The summed E-state index contributed by atoms with van der Waals surface area (Å²) in [4.78, 5) is 33.3. The normalized spacial score (nSPS) is 15.5. The van der Waals surface area contributed by atoms with Gasteiger partial charge >= 0.3 is 5.97 Å². The topological polar surface area (TPSA) is 73.8 Å². The Morgan fingerprint density at radius 2 is 1.90 bits per heavy atom. The number of furan rings is 1. The molecular weight excluding hydrogens is 575 g/mol. The number of benzene rings is 2. The number of ether oxygens (including phenoxy) is 1. The molecule has 1 atom stereocenters. The van der Waals surface area contributed by atoms with Crippen molar-refractivity contribution < 1.29 is 13.9 Å². The molecule has 3 heterocycles. The van der Waals surface area contributed by atoms with Gasteiger partial charge in [0.2, 0.25) is 0 Å². The zero-order valence-electron chi connectivity index (χ0n) is 21.5. The number of thioether (sulfide) groups is 1. The van der Waals surface area contributed by atoms with E-state index in [0.717, 1.165) is 10.5 Å². The van der Waals surface area contributed by atoms with Gasteiger partial charge in [0.25, 0.3) is 5.56 Å². The van der Waals surface area contributed by atoms with Crippen molar-refractivity contribution in [1.29, 1.82) is 0 Å². The Labute approximate surface area is 243 Å². The fraction of sp³-hybridized carbons (Fsp3) is 0.207. The molecule has 0 N–H and O–H groups in total. The number of fused-ring (bicyclic) bond motifs is 1. The van der Waals surface area contributed by atoms with Gasteiger partial charge in [-0.15, -0.1) is 11.8 Å². The van der Waals surface area contributed by atoms with E-state index in [9.17, 15) is 9.59 Å². The first-order valence-corrected chi connectivity index (χ1v) is 14.9. The molecule has 0 unspecified atom stereocenters. The summed E-state index contributed by atoms with van der Waals surface area (Å²) in [5, 5.41) is 1.04. The highest BCUT2D eigenvalue weighted by Crippen LogP contribution is 2.33. The number of hydrogen-bond donors (Lipinski definition) is 0. The van der Waals surface area contributed by atoms with Gasteiger partial charge in [0.1, 0.15) is 11.5 Å². The Kier molecular flexibility index (Phi) is 7.91. The van der Waals surface area contributed by atoms with E-state index in [4.69, 9.17) is 32.4 Å². The van der Waals surface area contributed by atoms with E-state index >= 15 is 0 Å². The summed E-state index contributed by atoms with van der Waals surface area (Å²) in [6.45, 7) is 5.35. The van der Waals surface area contributed by atoms with Crippen molar-refractivity contribution in [2.75, 3.05) is 6.26 Å². The summed E-state index contributed by atoms with van der Waals surface area (Å²) in [7, 11) is 0. The van der Waals surface area contributed by atoms with Gasteiger partial charge in [-0.05, 0) is 75.1 Å². The number of hydrogen-bond acceptors (Lipinski definition) is 7. The smallest absolute Gasteiger partial charge is 0.338 e. The van der Waals surface area contributed by atoms with Gasteiger partial charge in [-0.3, -0.25) is 9.36 Å². The summed E-state index contributed by atoms with van der Waals surface area (Å²) >= 11 is 15.3. The van der Waals surface area contributed by atoms with Crippen LogP contribution in [0.2, 0.25) is 10.0 Å². The Morgan fingerprint density at radius 1 is 1.15 bits per heavy atom. The summed E-state index contributed by atoms with van der Waals surface area (Å²) in [6, 6.07) is 15.8. The molecule has 0 saturated carbocycles. The van der Waals surface area contributed by atoms with Crippen molar-refractivity contribution >= 4 is 58.3 Å². The van der Waals surface area contributed by atoms with Gasteiger partial charge in [-0.25, -0.2) is 9.79 Å².